The van der Waals surface area contributed by atoms with Crippen molar-refractivity contribution in [3.63, 3.8) is 0 Å². The molecule has 68 valence electrons. The summed E-state index contributed by atoms with van der Waals surface area (Å²) in [6.45, 7) is 3.76. The predicted octanol–water partition coefficient (Wildman–Crippen LogP) is 1.46. The molecule has 1 rings (SSSR count). The number of rotatable bonds is 3. The van der Waals surface area contributed by atoms with Crippen LogP contribution < -0.4 is 0 Å². The largest absolute Gasteiger partial charge is 0.477 e. The summed E-state index contributed by atoms with van der Waals surface area (Å²) in [6, 6.07) is 0. The molecule has 3 heteroatoms. The van der Waals surface area contributed by atoms with Crippen LogP contribution >= 0.6 is 0 Å². The lowest BCUT2D eigenvalue weighted by atomic mass is 10.3. The molecular weight excluding hydrogens is 154 g/mol. The first-order valence-electron chi connectivity index (χ1n) is 4.44. The number of aliphatic carboxylic acids is 1. The minimum Gasteiger partial charge on any atom is -0.477 e. The molecule has 0 aliphatic carbocycles. The second kappa shape index (κ2) is 4.14. The van der Waals surface area contributed by atoms with E-state index in [-0.39, 0.29) is 0 Å². The molecule has 0 radical (unpaired) electrons. The Bertz CT molecular complexity index is 193. The molecule has 1 N–H and O–H groups in total. The Balaban J connectivity index is 2.64. The van der Waals surface area contributed by atoms with Gasteiger partial charge in [-0.05, 0) is 19.3 Å². The van der Waals surface area contributed by atoms with Gasteiger partial charge in [-0.1, -0.05) is 13.0 Å². The maximum atomic E-state index is 10.8. The summed E-state index contributed by atoms with van der Waals surface area (Å²) in [6.07, 6.45) is 4.81. The van der Waals surface area contributed by atoms with E-state index in [0.29, 0.717) is 5.70 Å². The van der Waals surface area contributed by atoms with Gasteiger partial charge in [0, 0.05) is 13.1 Å². The highest BCUT2D eigenvalue weighted by Crippen LogP contribution is 2.14. The third-order valence-electron chi connectivity index (χ3n) is 2.06. The van der Waals surface area contributed by atoms with Crippen LogP contribution in [0.3, 0.4) is 0 Å². The lowest BCUT2D eigenvalue weighted by Gasteiger charge is -2.17. The summed E-state index contributed by atoms with van der Waals surface area (Å²) in [7, 11) is 0. The number of nitrogens with zero attached hydrogens (tertiary/aromatic N) is 1. The van der Waals surface area contributed by atoms with Crippen molar-refractivity contribution >= 4 is 5.97 Å². The van der Waals surface area contributed by atoms with Gasteiger partial charge in [-0.3, -0.25) is 0 Å². The molecule has 0 aromatic rings. The zero-order valence-electron chi connectivity index (χ0n) is 7.42. The smallest absolute Gasteiger partial charge is 0.351 e. The van der Waals surface area contributed by atoms with Crippen molar-refractivity contribution in [2.45, 2.75) is 26.2 Å². The maximum absolute atomic E-state index is 10.8. The van der Waals surface area contributed by atoms with Crippen LogP contribution in [0.5, 0.6) is 0 Å². The lowest BCUT2D eigenvalue weighted by molar-refractivity contribution is -0.134. The maximum Gasteiger partial charge on any atom is 0.351 e. The van der Waals surface area contributed by atoms with Crippen molar-refractivity contribution < 1.29 is 9.90 Å². The molecule has 0 saturated carbocycles. The molecule has 0 spiro atoms. The molecule has 1 heterocycles. The second-order valence-corrected chi connectivity index (χ2v) is 3.00. The molecule has 3 nitrogen and oxygen atoms in total. The van der Waals surface area contributed by atoms with Crippen LogP contribution in [0, 0.1) is 0 Å². The number of carbonyl (C=O) groups is 1. The Morgan fingerprint density at radius 1 is 1.50 bits per heavy atom. The number of hydrogen-bond donors (Lipinski definition) is 1. The average Bonchev–Trinajstić information content (AvgIpc) is 2.51. The predicted molar refractivity (Wildman–Crippen MR) is 46.8 cm³/mol. The van der Waals surface area contributed by atoms with Crippen LogP contribution in [0.2, 0.25) is 0 Å². The first-order valence-corrected chi connectivity index (χ1v) is 4.44. The molecule has 1 aliphatic rings. The summed E-state index contributed by atoms with van der Waals surface area (Å²) in [5.74, 6) is -0.793. The van der Waals surface area contributed by atoms with Gasteiger partial charge < -0.3 is 10.0 Å². The molecule has 0 bridgehead atoms. The quantitative estimate of drug-likeness (QED) is 0.650. The van der Waals surface area contributed by atoms with Crippen LogP contribution in [0.15, 0.2) is 11.8 Å². The van der Waals surface area contributed by atoms with Gasteiger partial charge in [-0.2, -0.15) is 0 Å². The Morgan fingerprint density at radius 3 is 2.50 bits per heavy atom. The van der Waals surface area contributed by atoms with Gasteiger partial charge in [0.05, 0.1) is 0 Å². The highest BCUT2D eigenvalue weighted by atomic mass is 16.4. The average molecular weight is 169 g/mol. The summed E-state index contributed by atoms with van der Waals surface area (Å²) < 4.78 is 0. The van der Waals surface area contributed by atoms with Crippen molar-refractivity contribution in [2.24, 2.45) is 0 Å². The number of likely N-dealkylation sites (tertiary alicyclic amines) is 1. The summed E-state index contributed by atoms with van der Waals surface area (Å²) in [4.78, 5) is 12.7. The van der Waals surface area contributed by atoms with Crippen LogP contribution in [-0.4, -0.2) is 29.1 Å². The van der Waals surface area contributed by atoms with E-state index in [1.54, 1.807) is 6.08 Å². The molecular formula is C9H15NO2. The first kappa shape index (κ1) is 9.10. The molecule has 0 aromatic carbocycles. The van der Waals surface area contributed by atoms with Gasteiger partial charge in [-0.25, -0.2) is 4.79 Å². The molecule has 1 saturated heterocycles. The standard InChI is InChI=1S/C9H15NO2/c1-2-5-8(9(11)12)10-6-3-4-7-10/h5H,2-4,6-7H2,1H3,(H,11,12)/b8-5+. The minimum atomic E-state index is -0.793. The highest BCUT2D eigenvalue weighted by Gasteiger charge is 2.18. The topological polar surface area (TPSA) is 40.5 Å². The number of carboxylic acid groups (broad SMARTS) is 1. The van der Waals surface area contributed by atoms with Gasteiger partial charge >= 0.3 is 5.97 Å². The van der Waals surface area contributed by atoms with Crippen molar-refractivity contribution in [1.82, 2.24) is 4.90 Å². The summed E-state index contributed by atoms with van der Waals surface area (Å²) in [5, 5.41) is 8.85. The SMILES string of the molecule is CC/C=C(\C(=O)O)N1CCCC1. The van der Waals surface area contributed by atoms with Crippen molar-refractivity contribution in [3.8, 4) is 0 Å². The normalized spacial score (nSPS) is 18.4. The van der Waals surface area contributed by atoms with Crippen molar-refractivity contribution in [1.29, 1.82) is 0 Å². The molecule has 1 aliphatic heterocycles. The molecule has 0 amide bonds. The van der Waals surface area contributed by atoms with E-state index in [0.717, 1.165) is 32.4 Å². The Hall–Kier alpha value is -0.990. The monoisotopic (exact) mass is 169 g/mol. The van der Waals surface area contributed by atoms with E-state index in [1.165, 1.54) is 0 Å². The molecule has 0 aromatic heterocycles. The van der Waals surface area contributed by atoms with Crippen molar-refractivity contribution in [3.05, 3.63) is 11.8 Å². The number of allylic oxidation sites excluding steroid dienone is 1. The third kappa shape index (κ3) is 2.00. The number of carboxylic acids is 1. The van der Waals surface area contributed by atoms with Crippen LogP contribution in [-0.2, 0) is 4.79 Å². The van der Waals surface area contributed by atoms with Gasteiger partial charge in [0.1, 0.15) is 5.70 Å². The minimum absolute atomic E-state index is 0.481. The van der Waals surface area contributed by atoms with Gasteiger partial charge in [0.25, 0.3) is 0 Å². The third-order valence-corrected chi connectivity index (χ3v) is 2.06. The second-order valence-electron chi connectivity index (χ2n) is 3.00. The fourth-order valence-electron chi connectivity index (χ4n) is 1.50. The van der Waals surface area contributed by atoms with Crippen LogP contribution in [0.25, 0.3) is 0 Å². The zero-order chi connectivity index (χ0) is 8.97. The lowest BCUT2D eigenvalue weighted by Crippen LogP contribution is -2.24. The Labute approximate surface area is 72.7 Å². The molecule has 0 unspecified atom stereocenters. The van der Waals surface area contributed by atoms with Crippen molar-refractivity contribution in [2.75, 3.05) is 13.1 Å². The Kier molecular flexibility index (Phi) is 3.14. The van der Waals surface area contributed by atoms with E-state index in [2.05, 4.69) is 0 Å². The van der Waals surface area contributed by atoms with Crippen LogP contribution in [0.1, 0.15) is 26.2 Å². The fraction of sp³-hybridized carbons (Fsp3) is 0.667. The first-order chi connectivity index (χ1) is 5.75. The summed E-state index contributed by atoms with van der Waals surface area (Å²) in [5.41, 5.74) is 0.481. The molecule has 0 atom stereocenters. The van der Waals surface area contributed by atoms with Gasteiger partial charge in [0.15, 0.2) is 0 Å². The van der Waals surface area contributed by atoms with E-state index >= 15 is 0 Å². The molecule has 1 fully saturated rings. The zero-order valence-corrected chi connectivity index (χ0v) is 7.42. The highest BCUT2D eigenvalue weighted by molar-refractivity contribution is 5.85. The van der Waals surface area contributed by atoms with E-state index in [9.17, 15) is 4.79 Å². The summed E-state index contributed by atoms with van der Waals surface area (Å²) >= 11 is 0. The van der Waals surface area contributed by atoms with Gasteiger partial charge in [0.2, 0.25) is 0 Å². The van der Waals surface area contributed by atoms with E-state index in [1.807, 2.05) is 11.8 Å². The molecule has 12 heavy (non-hydrogen) atoms. The van der Waals surface area contributed by atoms with Gasteiger partial charge in [-0.15, -0.1) is 0 Å². The number of hydrogen-bond acceptors (Lipinski definition) is 2. The van der Waals surface area contributed by atoms with E-state index < -0.39 is 5.97 Å². The Morgan fingerprint density at radius 2 is 2.08 bits per heavy atom. The van der Waals surface area contributed by atoms with Crippen LogP contribution in [0.4, 0.5) is 0 Å². The fourth-order valence-corrected chi connectivity index (χ4v) is 1.50. The van der Waals surface area contributed by atoms with E-state index in [4.69, 9.17) is 5.11 Å².